The Morgan fingerprint density at radius 3 is 2.50 bits per heavy atom. The second-order valence-corrected chi connectivity index (χ2v) is 5.77. The topological polar surface area (TPSA) is 29.3 Å². The van der Waals surface area contributed by atoms with Gasteiger partial charge in [0.25, 0.3) is 0 Å². The van der Waals surface area contributed by atoms with Crippen molar-refractivity contribution in [2.45, 2.75) is 45.2 Å². The van der Waals surface area contributed by atoms with Crippen molar-refractivity contribution in [2.75, 3.05) is 13.6 Å². The minimum Gasteiger partial charge on any atom is -0.326 e. The molecule has 1 unspecified atom stereocenters. The second kappa shape index (κ2) is 6.30. The average molecular weight is 252 g/mol. The van der Waals surface area contributed by atoms with E-state index in [1.165, 1.54) is 6.07 Å². The van der Waals surface area contributed by atoms with E-state index >= 15 is 0 Å². The van der Waals surface area contributed by atoms with Gasteiger partial charge < -0.3 is 5.73 Å². The van der Waals surface area contributed by atoms with Crippen LogP contribution in [0.1, 0.15) is 45.2 Å². The van der Waals surface area contributed by atoms with Crippen LogP contribution in [0.5, 0.6) is 0 Å². The van der Waals surface area contributed by atoms with E-state index < -0.39 is 0 Å². The van der Waals surface area contributed by atoms with Crippen molar-refractivity contribution < 1.29 is 4.39 Å². The van der Waals surface area contributed by atoms with Gasteiger partial charge in [-0.15, -0.1) is 0 Å². The fourth-order valence-corrected chi connectivity index (χ4v) is 2.03. The molecule has 0 saturated carbocycles. The van der Waals surface area contributed by atoms with Crippen LogP contribution in [0.25, 0.3) is 0 Å². The van der Waals surface area contributed by atoms with Gasteiger partial charge in [0.15, 0.2) is 0 Å². The molecule has 0 bridgehead atoms. The summed E-state index contributed by atoms with van der Waals surface area (Å²) in [4.78, 5) is 2.17. The number of hydrogen-bond acceptors (Lipinski definition) is 2. The highest BCUT2D eigenvalue weighted by Crippen LogP contribution is 2.22. The van der Waals surface area contributed by atoms with Gasteiger partial charge in [-0.25, -0.2) is 4.39 Å². The summed E-state index contributed by atoms with van der Waals surface area (Å²) in [6.07, 6.45) is 2.00. The molecule has 3 heteroatoms. The minimum atomic E-state index is -0.129. The Kier molecular flexibility index (Phi) is 5.29. The Morgan fingerprint density at radius 2 is 1.94 bits per heavy atom. The number of rotatable bonds is 6. The third kappa shape index (κ3) is 4.75. The zero-order valence-corrected chi connectivity index (χ0v) is 11.9. The van der Waals surface area contributed by atoms with Crippen LogP contribution in [0.4, 0.5) is 4.39 Å². The molecule has 2 N–H and O–H groups in total. The molecular weight excluding hydrogens is 227 g/mol. The first-order valence-corrected chi connectivity index (χ1v) is 6.55. The normalized spacial score (nSPS) is 13.9. The Labute approximate surface area is 110 Å². The van der Waals surface area contributed by atoms with Crippen LogP contribution in [-0.2, 0) is 0 Å². The summed E-state index contributed by atoms with van der Waals surface area (Å²) in [6, 6.07) is 7.06. The van der Waals surface area contributed by atoms with Crippen LogP contribution in [0.15, 0.2) is 24.3 Å². The zero-order chi connectivity index (χ0) is 13.8. The van der Waals surface area contributed by atoms with Crippen molar-refractivity contribution >= 4 is 0 Å². The lowest BCUT2D eigenvalue weighted by Gasteiger charge is -2.27. The fourth-order valence-electron chi connectivity index (χ4n) is 2.03. The smallest absolute Gasteiger partial charge is 0.127 e. The van der Waals surface area contributed by atoms with Gasteiger partial charge in [-0.1, -0.05) is 18.2 Å². The van der Waals surface area contributed by atoms with Gasteiger partial charge in [0, 0.05) is 17.1 Å². The van der Waals surface area contributed by atoms with E-state index in [4.69, 9.17) is 5.73 Å². The van der Waals surface area contributed by atoms with Gasteiger partial charge in [-0.2, -0.15) is 0 Å². The van der Waals surface area contributed by atoms with Gasteiger partial charge in [0.05, 0.1) is 0 Å². The minimum absolute atomic E-state index is 0.0899. The molecule has 0 heterocycles. The maximum absolute atomic E-state index is 13.7. The number of halogens is 1. The van der Waals surface area contributed by atoms with Crippen molar-refractivity contribution in [3.05, 3.63) is 35.6 Å². The molecule has 0 aromatic heterocycles. The van der Waals surface area contributed by atoms with E-state index in [-0.39, 0.29) is 17.4 Å². The van der Waals surface area contributed by atoms with Crippen LogP contribution in [0.2, 0.25) is 0 Å². The molecule has 2 nitrogen and oxygen atoms in total. The highest BCUT2D eigenvalue weighted by Gasteiger charge is 2.16. The predicted molar refractivity (Wildman–Crippen MR) is 74.9 cm³/mol. The first kappa shape index (κ1) is 15.1. The van der Waals surface area contributed by atoms with Crippen molar-refractivity contribution in [1.29, 1.82) is 0 Å². The summed E-state index contributed by atoms with van der Waals surface area (Å²) >= 11 is 0. The molecule has 0 spiro atoms. The molecule has 1 rings (SSSR count). The van der Waals surface area contributed by atoms with Crippen LogP contribution in [0.3, 0.4) is 0 Å². The van der Waals surface area contributed by atoms with E-state index in [9.17, 15) is 4.39 Å². The molecule has 1 aromatic rings. The first-order valence-electron chi connectivity index (χ1n) is 6.55. The van der Waals surface area contributed by atoms with E-state index in [1.807, 2.05) is 40.0 Å². The Hall–Kier alpha value is -0.930. The predicted octanol–water partition coefficient (Wildman–Crippen LogP) is 3.34. The van der Waals surface area contributed by atoms with Crippen LogP contribution in [0, 0.1) is 5.82 Å². The molecule has 102 valence electrons. The number of benzene rings is 1. The summed E-state index contributed by atoms with van der Waals surface area (Å²) < 4.78 is 13.7. The van der Waals surface area contributed by atoms with Crippen molar-refractivity contribution in [1.82, 2.24) is 4.90 Å². The summed E-state index contributed by atoms with van der Waals surface area (Å²) in [7, 11) is 2.03. The highest BCUT2D eigenvalue weighted by atomic mass is 19.1. The van der Waals surface area contributed by atoms with Gasteiger partial charge in [0.2, 0.25) is 0 Å². The van der Waals surface area contributed by atoms with Crippen LogP contribution >= 0.6 is 0 Å². The quantitative estimate of drug-likeness (QED) is 0.841. The average Bonchev–Trinajstić information content (AvgIpc) is 2.27. The van der Waals surface area contributed by atoms with E-state index in [0.717, 1.165) is 24.9 Å². The molecular formula is C15H25FN2. The monoisotopic (exact) mass is 252 g/mol. The summed E-state index contributed by atoms with van der Waals surface area (Å²) in [5, 5.41) is 0. The molecule has 0 saturated heterocycles. The first-order chi connectivity index (χ1) is 8.31. The van der Waals surface area contributed by atoms with Gasteiger partial charge >= 0.3 is 0 Å². The lowest BCUT2D eigenvalue weighted by Crippen LogP contribution is -2.33. The van der Waals surface area contributed by atoms with Gasteiger partial charge in [0.1, 0.15) is 5.82 Å². The molecule has 0 aliphatic carbocycles. The van der Waals surface area contributed by atoms with Crippen molar-refractivity contribution in [2.24, 2.45) is 5.73 Å². The standard InChI is InChI=1S/C15H25FN2/c1-12(13-8-5-6-9-14(13)16)18(4)11-7-10-15(2,3)17/h5-6,8-9,12H,7,10-11,17H2,1-4H3. The molecule has 1 atom stereocenters. The zero-order valence-electron chi connectivity index (χ0n) is 11.9. The summed E-state index contributed by atoms with van der Waals surface area (Å²) in [6.45, 7) is 7.03. The fraction of sp³-hybridized carbons (Fsp3) is 0.600. The lowest BCUT2D eigenvalue weighted by molar-refractivity contribution is 0.243. The number of nitrogens with two attached hydrogens (primary N) is 1. The lowest BCUT2D eigenvalue weighted by atomic mass is 9.99. The largest absolute Gasteiger partial charge is 0.326 e. The van der Waals surface area contributed by atoms with Gasteiger partial charge in [-0.3, -0.25) is 4.90 Å². The molecule has 0 radical (unpaired) electrons. The summed E-state index contributed by atoms with van der Waals surface area (Å²) in [5.41, 5.74) is 6.59. The van der Waals surface area contributed by atoms with E-state index in [2.05, 4.69) is 4.90 Å². The third-order valence-corrected chi connectivity index (χ3v) is 3.35. The second-order valence-electron chi connectivity index (χ2n) is 5.77. The van der Waals surface area contributed by atoms with Gasteiger partial charge in [-0.05, 0) is 53.3 Å². The molecule has 0 fully saturated rings. The molecule has 0 aliphatic rings. The third-order valence-electron chi connectivity index (χ3n) is 3.35. The molecule has 0 amide bonds. The maximum Gasteiger partial charge on any atom is 0.127 e. The summed E-state index contributed by atoms with van der Waals surface area (Å²) in [5.74, 6) is -0.129. The Balaban J connectivity index is 2.52. The number of nitrogens with zero attached hydrogens (tertiary/aromatic N) is 1. The van der Waals surface area contributed by atoms with Crippen molar-refractivity contribution in [3.63, 3.8) is 0 Å². The highest BCUT2D eigenvalue weighted by molar-refractivity contribution is 5.20. The Morgan fingerprint density at radius 1 is 1.33 bits per heavy atom. The molecule has 1 aromatic carbocycles. The number of hydrogen-bond donors (Lipinski definition) is 1. The molecule has 0 aliphatic heterocycles. The van der Waals surface area contributed by atoms with E-state index in [0.29, 0.717) is 0 Å². The van der Waals surface area contributed by atoms with Crippen molar-refractivity contribution in [3.8, 4) is 0 Å². The maximum atomic E-state index is 13.7. The van der Waals surface area contributed by atoms with Crippen LogP contribution in [-0.4, -0.2) is 24.0 Å². The SMILES string of the molecule is CC(c1ccccc1F)N(C)CCCC(C)(C)N. The Bertz CT molecular complexity index is 371. The van der Waals surface area contributed by atoms with Crippen LogP contribution < -0.4 is 5.73 Å². The van der Waals surface area contributed by atoms with E-state index in [1.54, 1.807) is 6.07 Å². The molecule has 18 heavy (non-hydrogen) atoms.